The van der Waals surface area contributed by atoms with Crippen LogP contribution in [-0.2, 0) is 0 Å². The highest BCUT2D eigenvalue weighted by Gasteiger charge is 2.09. The van der Waals surface area contributed by atoms with Gasteiger partial charge in [-0.25, -0.2) is 0 Å². The molecule has 3 rings (SSSR count). The molecule has 0 aliphatic rings. The summed E-state index contributed by atoms with van der Waals surface area (Å²) in [6.45, 7) is 0. The van der Waals surface area contributed by atoms with Crippen molar-refractivity contribution in [3.63, 3.8) is 0 Å². The van der Waals surface area contributed by atoms with Crippen LogP contribution in [0, 0.1) is 0 Å². The summed E-state index contributed by atoms with van der Waals surface area (Å²) in [5.41, 5.74) is -0.0864. The molecule has 0 unspecified atom stereocenters. The minimum atomic E-state index is -0.472. The SMILES string of the molecule is CN(Sc1ccc(Oc2ccc(Cl)cc2)cc1)c1cccn(O)c1=O. The number of halogens is 1. The zero-order chi connectivity index (χ0) is 17.8. The van der Waals surface area contributed by atoms with Crippen LogP contribution in [0.1, 0.15) is 0 Å². The van der Waals surface area contributed by atoms with Gasteiger partial charge in [0.25, 0.3) is 0 Å². The minimum Gasteiger partial charge on any atom is -0.457 e. The van der Waals surface area contributed by atoms with Crippen molar-refractivity contribution in [2.45, 2.75) is 4.90 Å². The van der Waals surface area contributed by atoms with Gasteiger partial charge in [0, 0.05) is 23.2 Å². The Kier molecular flexibility index (Phi) is 5.21. The van der Waals surface area contributed by atoms with E-state index in [0.717, 1.165) is 4.90 Å². The summed E-state index contributed by atoms with van der Waals surface area (Å²) < 4.78 is 8.01. The number of rotatable bonds is 5. The van der Waals surface area contributed by atoms with E-state index in [0.29, 0.717) is 26.9 Å². The number of ether oxygens (including phenoxy) is 1. The Balaban J connectivity index is 1.69. The molecule has 1 aromatic heterocycles. The first-order valence-corrected chi connectivity index (χ1v) is 8.54. The molecule has 0 atom stereocenters. The predicted molar refractivity (Wildman–Crippen MR) is 100 cm³/mol. The maximum Gasteiger partial charge on any atom is 0.307 e. The molecule has 0 saturated heterocycles. The summed E-state index contributed by atoms with van der Waals surface area (Å²) in [5, 5.41) is 10.1. The van der Waals surface area contributed by atoms with Gasteiger partial charge in [-0.15, -0.1) is 0 Å². The molecule has 0 aliphatic heterocycles. The van der Waals surface area contributed by atoms with Crippen LogP contribution in [0.2, 0.25) is 5.02 Å². The molecule has 1 N–H and O–H groups in total. The van der Waals surface area contributed by atoms with Gasteiger partial charge < -0.3 is 14.2 Å². The fourth-order valence-electron chi connectivity index (χ4n) is 2.13. The maximum absolute atomic E-state index is 11.9. The molecule has 128 valence electrons. The first kappa shape index (κ1) is 17.3. The third-order valence-corrected chi connectivity index (χ3v) is 4.57. The molecular formula is C18H15ClN2O3S. The standard InChI is InChI=1S/C18H15ClN2O3S/c1-20(17-3-2-12-21(23)18(17)22)25-16-10-8-15(9-11-16)24-14-6-4-13(19)5-7-14/h2-12,23H,1H3. The largest absolute Gasteiger partial charge is 0.457 e. The number of benzene rings is 2. The number of hydrogen-bond acceptors (Lipinski definition) is 5. The van der Waals surface area contributed by atoms with Gasteiger partial charge in [0.2, 0.25) is 0 Å². The molecule has 0 amide bonds. The summed E-state index contributed by atoms with van der Waals surface area (Å²) in [6.07, 6.45) is 1.30. The first-order chi connectivity index (χ1) is 12.0. The molecule has 0 saturated carbocycles. The average molecular weight is 375 g/mol. The second-order valence-corrected chi connectivity index (χ2v) is 6.80. The third kappa shape index (κ3) is 4.29. The number of anilines is 1. The summed E-state index contributed by atoms with van der Waals surface area (Å²) in [4.78, 5) is 12.8. The van der Waals surface area contributed by atoms with E-state index in [4.69, 9.17) is 16.3 Å². The van der Waals surface area contributed by atoms with Crippen molar-refractivity contribution in [1.82, 2.24) is 4.73 Å². The Morgan fingerprint density at radius 2 is 1.64 bits per heavy atom. The van der Waals surface area contributed by atoms with Gasteiger partial charge in [0.1, 0.15) is 17.2 Å². The maximum atomic E-state index is 11.9. The predicted octanol–water partition coefficient (Wildman–Crippen LogP) is 4.67. The van der Waals surface area contributed by atoms with Crippen molar-refractivity contribution in [3.8, 4) is 11.5 Å². The van der Waals surface area contributed by atoms with Crippen LogP contribution in [0.25, 0.3) is 0 Å². The van der Waals surface area contributed by atoms with Crippen molar-refractivity contribution in [3.05, 3.63) is 82.2 Å². The van der Waals surface area contributed by atoms with Gasteiger partial charge in [-0.3, -0.25) is 4.79 Å². The molecule has 0 fully saturated rings. The topological polar surface area (TPSA) is 54.7 Å². The van der Waals surface area contributed by atoms with Crippen LogP contribution in [0.5, 0.6) is 11.5 Å². The van der Waals surface area contributed by atoms with E-state index >= 15 is 0 Å². The minimum absolute atomic E-state index is 0.386. The van der Waals surface area contributed by atoms with Crippen molar-refractivity contribution in [1.29, 1.82) is 0 Å². The fourth-order valence-corrected chi connectivity index (χ4v) is 3.06. The van der Waals surface area contributed by atoms with Crippen LogP contribution < -0.4 is 14.6 Å². The highest BCUT2D eigenvalue weighted by Crippen LogP contribution is 2.28. The number of hydrogen-bond donors (Lipinski definition) is 1. The molecule has 7 heteroatoms. The Hall–Kier alpha value is -2.57. The molecule has 3 aromatic rings. The Bertz CT molecular complexity index is 911. The third-order valence-electron chi connectivity index (χ3n) is 3.36. The molecular weight excluding hydrogens is 360 g/mol. The highest BCUT2D eigenvalue weighted by molar-refractivity contribution is 8.00. The van der Waals surface area contributed by atoms with Crippen LogP contribution in [0.3, 0.4) is 0 Å². The Morgan fingerprint density at radius 1 is 1.04 bits per heavy atom. The summed E-state index contributed by atoms with van der Waals surface area (Å²) >= 11 is 7.23. The van der Waals surface area contributed by atoms with Gasteiger partial charge in [-0.1, -0.05) is 11.6 Å². The second-order valence-electron chi connectivity index (χ2n) is 5.16. The van der Waals surface area contributed by atoms with E-state index in [1.54, 1.807) is 47.8 Å². The number of aromatic nitrogens is 1. The highest BCUT2D eigenvalue weighted by atomic mass is 35.5. The smallest absolute Gasteiger partial charge is 0.307 e. The molecule has 0 spiro atoms. The summed E-state index contributed by atoms with van der Waals surface area (Å²) in [6, 6.07) is 17.9. The molecule has 1 heterocycles. The van der Waals surface area contributed by atoms with E-state index in [1.807, 2.05) is 24.3 Å². The molecule has 5 nitrogen and oxygen atoms in total. The zero-order valence-corrected chi connectivity index (χ0v) is 14.9. The lowest BCUT2D eigenvalue weighted by atomic mass is 10.3. The van der Waals surface area contributed by atoms with Crippen LogP contribution >= 0.6 is 23.5 Å². The van der Waals surface area contributed by atoms with E-state index in [2.05, 4.69) is 0 Å². The zero-order valence-electron chi connectivity index (χ0n) is 13.3. The van der Waals surface area contributed by atoms with E-state index in [9.17, 15) is 10.0 Å². The summed E-state index contributed by atoms with van der Waals surface area (Å²) in [7, 11) is 1.76. The van der Waals surface area contributed by atoms with E-state index in [-0.39, 0.29) is 0 Å². The van der Waals surface area contributed by atoms with Crippen LogP contribution in [-0.4, -0.2) is 17.0 Å². The van der Waals surface area contributed by atoms with Crippen molar-refractivity contribution >= 4 is 29.2 Å². The lowest BCUT2D eigenvalue weighted by Crippen LogP contribution is -2.23. The Labute approximate surface area is 154 Å². The van der Waals surface area contributed by atoms with Gasteiger partial charge in [0.15, 0.2) is 0 Å². The molecule has 0 aliphatic carbocycles. The van der Waals surface area contributed by atoms with Crippen LogP contribution in [0.15, 0.2) is 76.6 Å². The van der Waals surface area contributed by atoms with Gasteiger partial charge in [-0.05, 0) is 72.6 Å². The average Bonchev–Trinajstić information content (AvgIpc) is 2.61. The lowest BCUT2D eigenvalue weighted by Gasteiger charge is -2.17. The second kappa shape index (κ2) is 7.55. The van der Waals surface area contributed by atoms with Crippen molar-refractivity contribution in [2.75, 3.05) is 11.4 Å². The quantitative estimate of drug-likeness (QED) is 0.519. The van der Waals surface area contributed by atoms with Crippen molar-refractivity contribution in [2.24, 2.45) is 0 Å². The van der Waals surface area contributed by atoms with Crippen molar-refractivity contribution < 1.29 is 9.94 Å². The molecule has 0 bridgehead atoms. The fraction of sp³-hybridized carbons (Fsp3) is 0.0556. The van der Waals surface area contributed by atoms with Gasteiger partial charge in [-0.2, -0.15) is 4.73 Å². The number of nitrogens with zero attached hydrogens (tertiary/aromatic N) is 2. The van der Waals surface area contributed by atoms with Gasteiger partial charge in [0.05, 0.1) is 0 Å². The Morgan fingerprint density at radius 3 is 2.28 bits per heavy atom. The molecule has 0 radical (unpaired) electrons. The van der Waals surface area contributed by atoms with Crippen LogP contribution in [0.4, 0.5) is 5.69 Å². The lowest BCUT2D eigenvalue weighted by molar-refractivity contribution is 0.175. The molecule has 25 heavy (non-hydrogen) atoms. The van der Waals surface area contributed by atoms with E-state index in [1.165, 1.54) is 18.1 Å². The molecule has 2 aromatic carbocycles. The monoisotopic (exact) mass is 374 g/mol. The summed E-state index contributed by atoms with van der Waals surface area (Å²) in [5.74, 6) is 1.40. The normalized spacial score (nSPS) is 10.5. The van der Waals surface area contributed by atoms with E-state index < -0.39 is 5.56 Å². The number of pyridine rings is 1. The first-order valence-electron chi connectivity index (χ1n) is 7.39. The van der Waals surface area contributed by atoms with Gasteiger partial charge >= 0.3 is 5.56 Å².